The first kappa shape index (κ1) is 20.0. The molecule has 0 bridgehead atoms. The molecule has 1 fully saturated rings. The third-order valence-electron chi connectivity index (χ3n) is 5.78. The highest BCUT2D eigenvalue weighted by Crippen LogP contribution is 2.31. The summed E-state index contributed by atoms with van der Waals surface area (Å²) in [7, 11) is 0. The number of benzene rings is 2. The van der Waals surface area contributed by atoms with E-state index in [1.807, 2.05) is 18.2 Å². The minimum atomic E-state index is -0.691. The quantitative estimate of drug-likeness (QED) is 0.608. The van der Waals surface area contributed by atoms with Gasteiger partial charge in [0.1, 0.15) is 13.2 Å². The van der Waals surface area contributed by atoms with Crippen molar-refractivity contribution in [1.29, 1.82) is 0 Å². The zero-order valence-corrected chi connectivity index (χ0v) is 17.3. The lowest BCUT2D eigenvalue weighted by molar-refractivity contribution is -0.146. The highest BCUT2D eigenvalue weighted by Gasteiger charge is 2.33. The molecule has 0 aliphatic carbocycles. The van der Waals surface area contributed by atoms with E-state index in [2.05, 4.69) is 5.10 Å². The molecule has 2 aliphatic heterocycles. The number of nitrogens with zero attached hydrogens (tertiary/aromatic N) is 4. The van der Waals surface area contributed by atoms with Gasteiger partial charge in [-0.25, -0.2) is 0 Å². The predicted octanol–water partition coefficient (Wildman–Crippen LogP) is 0.907. The van der Waals surface area contributed by atoms with E-state index in [9.17, 15) is 14.4 Å². The summed E-state index contributed by atoms with van der Waals surface area (Å²) in [5.41, 5.74) is 0.449. The first-order valence-corrected chi connectivity index (χ1v) is 10.5. The van der Waals surface area contributed by atoms with Crippen LogP contribution in [-0.4, -0.2) is 70.3 Å². The van der Waals surface area contributed by atoms with E-state index in [1.165, 1.54) is 6.20 Å². The Hall–Kier alpha value is -3.88. The fourth-order valence-electron chi connectivity index (χ4n) is 4.04. The second-order valence-electron chi connectivity index (χ2n) is 7.75. The van der Waals surface area contributed by atoms with Gasteiger partial charge in [-0.15, -0.1) is 0 Å². The molecule has 2 aromatic carbocycles. The largest absolute Gasteiger partial charge is 0.485 e. The summed E-state index contributed by atoms with van der Waals surface area (Å²) in [6.07, 6.45) is 0.542. The van der Waals surface area contributed by atoms with Crippen molar-refractivity contribution in [2.75, 3.05) is 32.8 Å². The van der Waals surface area contributed by atoms with Crippen LogP contribution in [0.1, 0.15) is 0 Å². The van der Waals surface area contributed by atoms with Gasteiger partial charge in [0.15, 0.2) is 11.5 Å². The Morgan fingerprint density at radius 1 is 0.938 bits per heavy atom. The number of hydrogen-bond donors (Lipinski definition) is 0. The number of carbonyl (C=O) groups is 2. The van der Waals surface area contributed by atoms with Crippen LogP contribution < -0.4 is 14.9 Å². The number of para-hydroxylation sites is 3. The van der Waals surface area contributed by atoms with Gasteiger partial charge in [0.05, 0.1) is 11.7 Å². The molecular weight excluding hydrogens is 412 g/mol. The first-order valence-electron chi connectivity index (χ1n) is 10.5. The third-order valence-corrected chi connectivity index (χ3v) is 5.78. The minimum Gasteiger partial charge on any atom is -0.485 e. The van der Waals surface area contributed by atoms with Gasteiger partial charge in [-0.05, 0) is 24.3 Å². The van der Waals surface area contributed by atoms with E-state index < -0.39 is 6.10 Å². The van der Waals surface area contributed by atoms with Gasteiger partial charge >= 0.3 is 0 Å². The molecule has 1 atom stereocenters. The molecule has 32 heavy (non-hydrogen) atoms. The summed E-state index contributed by atoms with van der Waals surface area (Å²) in [6.45, 7) is 1.89. The van der Waals surface area contributed by atoms with Crippen LogP contribution in [0.15, 0.2) is 59.5 Å². The predicted molar refractivity (Wildman–Crippen MR) is 116 cm³/mol. The Bertz CT molecular complexity index is 1230. The summed E-state index contributed by atoms with van der Waals surface area (Å²) < 4.78 is 13.0. The fourth-order valence-corrected chi connectivity index (χ4v) is 4.04. The van der Waals surface area contributed by atoms with Crippen LogP contribution in [0.25, 0.3) is 10.9 Å². The smallest absolute Gasteiger partial charge is 0.267 e. The Balaban J connectivity index is 1.20. The van der Waals surface area contributed by atoms with E-state index >= 15 is 0 Å². The molecule has 164 valence electrons. The summed E-state index contributed by atoms with van der Waals surface area (Å²) in [5.74, 6) is 0.951. The summed E-state index contributed by atoms with van der Waals surface area (Å²) in [6, 6.07) is 14.4. The molecule has 1 saturated heterocycles. The van der Waals surface area contributed by atoms with E-state index in [-0.39, 0.29) is 30.4 Å². The van der Waals surface area contributed by atoms with Crippen molar-refractivity contribution in [3.05, 3.63) is 65.0 Å². The molecule has 1 aromatic heterocycles. The summed E-state index contributed by atoms with van der Waals surface area (Å²) in [5, 5.41) is 4.66. The van der Waals surface area contributed by atoms with Crippen molar-refractivity contribution in [3.63, 3.8) is 0 Å². The van der Waals surface area contributed by atoms with Crippen LogP contribution >= 0.6 is 0 Å². The normalized spacial score (nSPS) is 17.9. The minimum absolute atomic E-state index is 0.0328. The Morgan fingerprint density at radius 2 is 1.62 bits per heavy atom. The Morgan fingerprint density at radius 3 is 2.44 bits per heavy atom. The highest BCUT2D eigenvalue weighted by molar-refractivity contribution is 5.83. The van der Waals surface area contributed by atoms with Gasteiger partial charge < -0.3 is 19.3 Å². The van der Waals surface area contributed by atoms with Crippen LogP contribution in [-0.2, 0) is 16.1 Å². The number of aromatic nitrogens is 2. The number of ether oxygens (including phenoxy) is 2. The molecule has 3 aromatic rings. The maximum Gasteiger partial charge on any atom is 0.267 e. The lowest BCUT2D eigenvalue weighted by Crippen LogP contribution is -2.55. The SMILES string of the molecule is O=C(Cn1ncc(=O)c2ccccc21)N1CCN(C(=O)[C@@H]2COc3ccccc3O2)CC1. The standard InChI is InChI=1S/C23H22N4O5/c28-18-13-24-27(17-6-2-1-5-16(17)18)14-22(29)25-9-11-26(12-10-25)23(30)21-15-31-19-7-3-4-8-20(19)32-21/h1-8,13,21H,9-12,14-15H2/t21-/m0/s1. The molecule has 0 unspecified atom stereocenters. The van der Waals surface area contributed by atoms with Crippen molar-refractivity contribution < 1.29 is 19.1 Å². The van der Waals surface area contributed by atoms with Gasteiger partial charge in [0.25, 0.3) is 5.91 Å². The highest BCUT2D eigenvalue weighted by atomic mass is 16.6. The van der Waals surface area contributed by atoms with Crippen molar-refractivity contribution in [2.45, 2.75) is 12.6 Å². The number of rotatable bonds is 3. The molecule has 3 heterocycles. The lowest BCUT2D eigenvalue weighted by atomic mass is 10.2. The molecular formula is C23H22N4O5. The zero-order valence-electron chi connectivity index (χ0n) is 17.3. The van der Waals surface area contributed by atoms with Crippen molar-refractivity contribution in [2.24, 2.45) is 0 Å². The maximum atomic E-state index is 12.9. The van der Waals surface area contributed by atoms with Crippen LogP contribution in [0.5, 0.6) is 11.5 Å². The molecule has 0 saturated carbocycles. The van der Waals surface area contributed by atoms with E-state index in [1.54, 1.807) is 44.8 Å². The van der Waals surface area contributed by atoms with Crippen LogP contribution in [0.3, 0.4) is 0 Å². The second kappa shape index (κ2) is 8.33. The Kier molecular flexibility index (Phi) is 5.22. The number of amides is 2. The van der Waals surface area contributed by atoms with E-state index in [4.69, 9.17) is 9.47 Å². The number of carbonyl (C=O) groups excluding carboxylic acids is 2. The molecule has 2 aliphatic rings. The number of hydrogen-bond acceptors (Lipinski definition) is 6. The van der Waals surface area contributed by atoms with Crippen molar-refractivity contribution >= 4 is 22.7 Å². The van der Waals surface area contributed by atoms with Crippen LogP contribution in [0.2, 0.25) is 0 Å². The average molecular weight is 434 g/mol. The van der Waals surface area contributed by atoms with Crippen molar-refractivity contribution in [1.82, 2.24) is 19.6 Å². The van der Waals surface area contributed by atoms with Crippen LogP contribution in [0.4, 0.5) is 0 Å². The summed E-state index contributed by atoms with van der Waals surface area (Å²) in [4.78, 5) is 41.1. The monoisotopic (exact) mass is 434 g/mol. The van der Waals surface area contributed by atoms with Gasteiger partial charge in [0, 0.05) is 31.6 Å². The molecule has 5 rings (SSSR count). The third kappa shape index (κ3) is 3.77. The average Bonchev–Trinajstić information content (AvgIpc) is 2.85. The molecule has 9 nitrogen and oxygen atoms in total. The number of piperazine rings is 1. The van der Waals surface area contributed by atoms with Gasteiger partial charge in [-0.1, -0.05) is 24.3 Å². The lowest BCUT2D eigenvalue weighted by Gasteiger charge is -2.37. The van der Waals surface area contributed by atoms with Gasteiger partial charge in [-0.3, -0.25) is 19.1 Å². The molecule has 9 heteroatoms. The molecule has 0 N–H and O–H groups in total. The summed E-state index contributed by atoms with van der Waals surface area (Å²) >= 11 is 0. The van der Waals surface area contributed by atoms with Gasteiger partial charge in [-0.2, -0.15) is 5.10 Å². The van der Waals surface area contributed by atoms with Crippen molar-refractivity contribution in [3.8, 4) is 11.5 Å². The molecule has 0 radical (unpaired) electrons. The topological polar surface area (TPSA) is 94.0 Å². The number of fused-ring (bicyclic) bond motifs is 2. The first-order chi connectivity index (χ1) is 15.6. The molecule has 0 spiro atoms. The van der Waals surface area contributed by atoms with Crippen LogP contribution in [0, 0.1) is 0 Å². The van der Waals surface area contributed by atoms with E-state index in [0.29, 0.717) is 48.6 Å². The Labute approximate surface area is 183 Å². The zero-order chi connectivity index (χ0) is 22.1. The second-order valence-corrected chi connectivity index (χ2v) is 7.75. The van der Waals surface area contributed by atoms with E-state index in [0.717, 1.165) is 0 Å². The van der Waals surface area contributed by atoms with Gasteiger partial charge in [0.2, 0.25) is 17.4 Å². The maximum absolute atomic E-state index is 12.9. The fraction of sp³-hybridized carbons (Fsp3) is 0.304. The molecule has 2 amide bonds.